The van der Waals surface area contributed by atoms with Crippen molar-refractivity contribution in [2.75, 3.05) is 30.0 Å². The molecule has 4 nitrogen and oxygen atoms in total. The fraction of sp³-hybridized carbons (Fsp3) is 0.316. The number of nitrogens with one attached hydrogen (secondary N) is 1. The van der Waals surface area contributed by atoms with Gasteiger partial charge in [0.1, 0.15) is 0 Å². The van der Waals surface area contributed by atoms with Gasteiger partial charge >= 0.3 is 0 Å². The van der Waals surface area contributed by atoms with Crippen molar-refractivity contribution in [2.45, 2.75) is 12.8 Å². The number of carbonyl (C=O) groups excluding carboxylic acids is 1. The molecule has 0 aliphatic carbocycles. The quantitative estimate of drug-likeness (QED) is 0.945. The van der Waals surface area contributed by atoms with Crippen LogP contribution in [0.3, 0.4) is 0 Å². The third kappa shape index (κ3) is 2.70. The number of ether oxygens (including phenoxy) is 1. The first-order valence-corrected chi connectivity index (χ1v) is 8.16. The molecule has 1 fully saturated rings. The van der Waals surface area contributed by atoms with Gasteiger partial charge in [-0.1, -0.05) is 30.3 Å². The van der Waals surface area contributed by atoms with Crippen LogP contribution in [0.1, 0.15) is 12.0 Å². The van der Waals surface area contributed by atoms with Crippen LogP contribution in [0.4, 0.5) is 17.1 Å². The van der Waals surface area contributed by atoms with E-state index in [-0.39, 0.29) is 11.8 Å². The smallest absolute Gasteiger partial charge is 0.229 e. The minimum atomic E-state index is -0.0334. The lowest BCUT2D eigenvalue weighted by atomic mass is 10.1. The molecule has 2 aromatic rings. The normalized spacial score (nSPS) is 19.7. The van der Waals surface area contributed by atoms with Gasteiger partial charge in [-0.15, -0.1) is 0 Å². The molecule has 0 radical (unpaired) electrons. The maximum absolute atomic E-state index is 12.4. The van der Waals surface area contributed by atoms with Crippen LogP contribution < -0.4 is 10.2 Å². The fourth-order valence-electron chi connectivity index (χ4n) is 3.38. The molecular weight excluding hydrogens is 288 g/mol. The van der Waals surface area contributed by atoms with Gasteiger partial charge in [0.2, 0.25) is 5.91 Å². The van der Waals surface area contributed by atoms with Crippen LogP contribution in [0.25, 0.3) is 0 Å². The van der Waals surface area contributed by atoms with E-state index >= 15 is 0 Å². The van der Waals surface area contributed by atoms with Gasteiger partial charge in [0.15, 0.2) is 0 Å². The maximum Gasteiger partial charge on any atom is 0.229 e. The highest BCUT2D eigenvalue weighted by atomic mass is 16.5. The van der Waals surface area contributed by atoms with Crippen LogP contribution in [-0.2, 0) is 16.0 Å². The summed E-state index contributed by atoms with van der Waals surface area (Å²) in [6.45, 7) is 2.15. The molecule has 23 heavy (non-hydrogen) atoms. The van der Waals surface area contributed by atoms with E-state index in [0.29, 0.717) is 13.2 Å². The van der Waals surface area contributed by atoms with Gasteiger partial charge in [0, 0.05) is 18.8 Å². The second kappa shape index (κ2) is 6.05. The molecule has 1 unspecified atom stereocenters. The number of para-hydroxylation sites is 3. The summed E-state index contributed by atoms with van der Waals surface area (Å²) in [6, 6.07) is 16.5. The van der Waals surface area contributed by atoms with Crippen LogP contribution in [0.2, 0.25) is 0 Å². The number of nitrogens with zero attached hydrogens (tertiary/aromatic N) is 1. The second-order valence-corrected chi connectivity index (χ2v) is 6.10. The summed E-state index contributed by atoms with van der Waals surface area (Å²) in [7, 11) is 0. The van der Waals surface area contributed by atoms with E-state index < -0.39 is 0 Å². The average Bonchev–Trinajstić information content (AvgIpc) is 3.25. The van der Waals surface area contributed by atoms with Crippen molar-refractivity contribution in [3.05, 3.63) is 54.1 Å². The summed E-state index contributed by atoms with van der Waals surface area (Å²) in [4.78, 5) is 14.7. The van der Waals surface area contributed by atoms with E-state index in [1.807, 2.05) is 18.2 Å². The molecule has 2 aliphatic rings. The first-order chi connectivity index (χ1) is 11.3. The van der Waals surface area contributed by atoms with Crippen LogP contribution in [-0.4, -0.2) is 25.7 Å². The first-order valence-electron chi connectivity index (χ1n) is 8.16. The molecular formula is C19H20N2O2. The molecule has 0 saturated carbocycles. The summed E-state index contributed by atoms with van der Waals surface area (Å²) in [5, 5.41) is 3.10. The third-order valence-corrected chi connectivity index (χ3v) is 4.64. The van der Waals surface area contributed by atoms with E-state index in [0.717, 1.165) is 30.8 Å². The summed E-state index contributed by atoms with van der Waals surface area (Å²) in [6.07, 6.45) is 1.84. The van der Waals surface area contributed by atoms with Crippen molar-refractivity contribution < 1.29 is 9.53 Å². The minimum absolute atomic E-state index is 0.0334. The highest BCUT2D eigenvalue weighted by Crippen LogP contribution is 2.38. The lowest BCUT2D eigenvalue weighted by Gasteiger charge is -2.23. The fourth-order valence-corrected chi connectivity index (χ4v) is 3.38. The van der Waals surface area contributed by atoms with Gasteiger partial charge < -0.3 is 15.0 Å². The molecule has 1 N–H and O–H groups in total. The zero-order valence-electron chi connectivity index (χ0n) is 13.0. The number of amides is 1. The van der Waals surface area contributed by atoms with Crippen molar-refractivity contribution in [1.82, 2.24) is 0 Å². The Bertz CT molecular complexity index is 723. The van der Waals surface area contributed by atoms with Gasteiger partial charge in [-0.3, -0.25) is 4.79 Å². The van der Waals surface area contributed by atoms with E-state index in [4.69, 9.17) is 4.74 Å². The van der Waals surface area contributed by atoms with Gasteiger partial charge in [-0.05, 0) is 36.6 Å². The molecule has 1 saturated heterocycles. The van der Waals surface area contributed by atoms with Crippen molar-refractivity contribution in [3.8, 4) is 0 Å². The average molecular weight is 308 g/mol. The molecule has 2 aromatic carbocycles. The Kier molecular flexibility index (Phi) is 3.75. The van der Waals surface area contributed by atoms with Gasteiger partial charge in [0.05, 0.1) is 23.9 Å². The van der Waals surface area contributed by atoms with Gasteiger partial charge in [-0.25, -0.2) is 0 Å². The van der Waals surface area contributed by atoms with Gasteiger partial charge in [0.25, 0.3) is 0 Å². The Balaban J connectivity index is 1.62. The van der Waals surface area contributed by atoms with E-state index in [2.05, 4.69) is 40.5 Å². The lowest BCUT2D eigenvalue weighted by Crippen LogP contribution is -2.24. The zero-order chi connectivity index (χ0) is 15.6. The lowest BCUT2D eigenvalue weighted by molar-refractivity contribution is -0.119. The highest BCUT2D eigenvalue weighted by Gasteiger charge is 2.26. The number of fused-ring (bicyclic) bond motifs is 1. The topological polar surface area (TPSA) is 41.6 Å². The van der Waals surface area contributed by atoms with Crippen LogP contribution in [0.5, 0.6) is 0 Å². The largest absolute Gasteiger partial charge is 0.381 e. The van der Waals surface area contributed by atoms with Crippen molar-refractivity contribution >= 4 is 23.0 Å². The number of carbonyl (C=O) groups is 1. The van der Waals surface area contributed by atoms with Crippen molar-refractivity contribution in [1.29, 1.82) is 0 Å². The van der Waals surface area contributed by atoms with E-state index in [1.165, 1.54) is 11.3 Å². The standard InChI is InChI=1S/C19H20N2O2/c22-19(15-10-12-23-13-15)20-16-6-2-4-8-18(16)21-11-9-14-5-1-3-7-17(14)21/h1-8,15H,9-13H2,(H,20,22). The molecule has 2 heterocycles. The molecule has 1 atom stereocenters. The number of hydrogen-bond acceptors (Lipinski definition) is 3. The number of hydrogen-bond donors (Lipinski definition) is 1. The van der Waals surface area contributed by atoms with E-state index in [9.17, 15) is 4.79 Å². The molecule has 4 rings (SSSR count). The molecule has 0 bridgehead atoms. The number of rotatable bonds is 3. The van der Waals surface area contributed by atoms with Crippen LogP contribution in [0, 0.1) is 5.92 Å². The predicted molar refractivity (Wildman–Crippen MR) is 91.1 cm³/mol. The number of benzene rings is 2. The molecule has 0 spiro atoms. The molecule has 4 heteroatoms. The third-order valence-electron chi connectivity index (χ3n) is 4.64. The Morgan fingerprint density at radius 3 is 2.70 bits per heavy atom. The SMILES string of the molecule is O=C(Nc1ccccc1N1CCc2ccccc21)C1CCOC1. The molecule has 2 aliphatic heterocycles. The summed E-state index contributed by atoms with van der Waals surface area (Å²) < 4.78 is 5.32. The summed E-state index contributed by atoms with van der Waals surface area (Å²) >= 11 is 0. The summed E-state index contributed by atoms with van der Waals surface area (Å²) in [5.74, 6) is 0.0244. The van der Waals surface area contributed by atoms with Crippen LogP contribution in [0.15, 0.2) is 48.5 Å². The maximum atomic E-state index is 12.4. The summed E-state index contributed by atoms with van der Waals surface area (Å²) in [5.41, 5.74) is 4.53. The van der Waals surface area contributed by atoms with Gasteiger partial charge in [-0.2, -0.15) is 0 Å². The molecule has 0 aromatic heterocycles. The molecule has 1 amide bonds. The predicted octanol–water partition coefficient (Wildman–Crippen LogP) is 3.36. The Labute approximate surface area is 136 Å². The Hall–Kier alpha value is -2.33. The molecule has 118 valence electrons. The Morgan fingerprint density at radius 2 is 1.87 bits per heavy atom. The van der Waals surface area contributed by atoms with Crippen molar-refractivity contribution in [2.24, 2.45) is 5.92 Å². The monoisotopic (exact) mass is 308 g/mol. The first kappa shape index (κ1) is 14.3. The number of anilines is 3. The van der Waals surface area contributed by atoms with Crippen molar-refractivity contribution in [3.63, 3.8) is 0 Å². The van der Waals surface area contributed by atoms with Crippen LogP contribution >= 0.6 is 0 Å². The highest BCUT2D eigenvalue weighted by molar-refractivity contribution is 5.97. The zero-order valence-corrected chi connectivity index (χ0v) is 13.0. The Morgan fingerprint density at radius 1 is 1.09 bits per heavy atom. The second-order valence-electron chi connectivity index (χ2n) is 6.10. The minimum Gasteiger partial charge on any atom is -0.381 e. The van der Waals surface area contributed by atoms with E-state index in [1.54, 1.807) is 0 Å².